The molecule has 66 valence electrons. The third-order valence-corrected chi connectivity index (χ3v) is 1.57. The number of carbonyl (C=O) groups is 1. The number of aryl methyl sites for hydroxylation is 1. The predicted octanol–water partition coefficient (Wildman–Crippen LogP) is 0.253. The summed E-state index contributed by atoms with van der Waals surface area (Å²) in [5.74, 6) is -1.22. The van der Waals surface area contributed by atoms with Crippen LogP contribution >= 0.6 is 0 Å². The summed E-state index contributed by atoms with van der Waals surface area (Å²) in [6.45, 7) is 1.51. The van der Waals surface area contributed by atoms with Gasteiger partial charge in [-0.2, -0.15) is 5.26 Å². The van der Waals surface area contributed by atoms with Gasteiger partial charge in [-0.05, 0) is 18.6 Å². The van der Waals surface area contributed by atoms with Crippen LogP contribution in [0.4, 0.5) is 0 Å². The van der Waals surface area contributed by atoms with Crippen molar-refractivity contribution in [1.29, 1.82) is 5.26 Å². The topological polar surface area (TPSA) is 93.9 Å². The molecular formula is C8H6N2O3. The van der Waals surface area contributed by atoms with Crippen LogP contribution in [-0.2, 0) is 0 Å². The summed E-state index contributed by atoms with van der Waals surface area (Å²) in [6.07, 6.45) is 0. The zero-order chi connectivity index (χ0) is 10.0. The first-order valence-corrected chi connectivity index (χ1v) is 3.43. The first-order chi connectivity index (χ1) is 6.06. The van der Waals surface area contributed by atoms with Crippen molar-refractivity contribution in [2.75, 3.05) is 0 Å². The van der Waals surface area contributed by atoms with Crippen molar-refractivity contribution in [3.63, 3.8) is 0 Å². The second-order valence-corrected chi connectivity index (χ2v) is 2.49. The Balaban J connectivity index is 3.48. The number of carboxylic acids is 1. The molecule has 0 radical (unpaired) electrons. The van der Waals surface area contributed by atoms with Crippen molar-refractivity contribution in [3.8, 4) is 6.07 Å². The van der Waals surface area contributed by atoms with Crippen molar-refractivity contribution in [2.45, 2.75) is 6.92 Å². The summed E-state index contributed by atoms with van der Waals surface area (Å²) in [7, 11) is 0. The average Bonchev–Trinajstić information content (AvgIpc) is 2.03. The van der Waals surface area contributed by atoms with Crippen molar-refractivity contribution < 1.29 is 9.90 Å². The Labute approximate surface area is 73.3 Å². The van der Waals surface area contributed by atoms with E-state index in [4.69, 9.17) is 10.4 Å². The normalized spacial score (nSPS) is 9.23. The van der Waals surface area contributed by atoms with Crippen molar-refractivity contribution in [3.05, 3.63) is 33.2 Å². The minimum absolute atomic E-state index is 0.0509. The van der Waals surface area contributed by atoms with E-state index in [0.29, 0.717) is 5.56 Å². The Hall–Kier alpha value is -2.09. The first kappa shape index (κ1) is 9.00. The van der Waals surface area contributed by atoms with E-state index in [1.54, 1.807) is 6.07 Å². The van der Waals surface area contributed by atoms with Gasteiger partial charge in [0.15, 0.2) is 0 Å². The molecule has 1 aromatic rings. The fourth-order valence-corrected chi connectivity index (χ4v) is 0.943. The van der Waals surface area contributed by atoms with Crippen molar-refractivity contribution >= 4 is 5.97 Å². The van der Waals surface area contributed by atoms with Crippen molar-refractivity contribution in [2.24, 2.45) is 0 Å². The number of H-pyrrole nitrogens is 1. The van der Waals surface area contributed by atoms with E-state index < -0.39 is 11.5 Å². The van der Waals surface area contributed by atoms with Crippen LogP contribution < -0.4 is 5.56 Å². The van der Waals surface area contributed by atoms with Crippen LogP contribution in [-0.4, -0.2) is 16.1 Å². The van der Waals surface area contributed by atoms with E-state index in [-0.39, 0.29) is 11.3 Å². The highest BCUT2D eigenvalue weighted by Crippen LogP contribution is 2.02. The summed E-state index contributed by atoms with van der Waals surface area (Å²) in [4.78, 5) is 23.6. The van der Waals surface area contributed by atoms with E-state index in [2.05, 4.69) is 4.98 Å². The van der Waals surface area contributed by atoms with E-state index in [1.165, 1.54) is 13.0 Å². The fraction of sp³-hybridized carbons (Fsp3) is 0.125. The highest BCUT2D eigenvalue weighted by atomic mass is 16.4. The molecule has 0 spiro atoms. The molecule has 0 saturated carbocycles. The second kappa shape index (κ2) is 3.11. The van der Waals surface area contributed by atoms with E-state index in [9.17, 15) is 9.59 Å². The van der Waals surface area contributed by atoms with Gasteiger partial charge in [-0.25, -0.2) is 4.79 Å². The number of aromatic carboxylic acids is 1. The quantitative estimate of drug-likeness (QED) is 0.644. The lowest BCUT2D eigenvalue weighted by Crippen LogP contribution is -2.16. The lowest BCUT2D eigenvalue weighted by molar-refractivity contribution is 0.0690. The number of nitrogens with zero attached hydrogens (tertiary/aromatic N) is 1. The number of pyridine rings is 1. The van der Waals surface area contributed by atoms with E-state index in [0.717, 1.165) is 0 Å². The molecule has 1 rings (SSSR count). The maximum atomic E-state index is 11.1. The van der Waals surface area contributed by atoms with Crippen LogP contribution in [0.25, 0.3) is 0 Å². The van der Waals surface area contributed by atoms with Gasteiger partial charge in [0.1, 0.15) is 17.3 Å². The zero-order valence-electron chi connectivity index (χ0n) is 6.79. The molecule has 0 aromatic carbocycles. The summed E-state index contributed by atoms with van der Waals surface area (Å²) in [5.41, 5.74) is -0.560. The molecular weight excluding hydrogens is 172 g/mol. The van der Waals surface area contributed by atoms with Gasteiger partial charge < -0.3 is 10.1 Å². The molecule has 1 heterocycles. The predicted molar refractivity (Wildman–Crippen MR) is 43.5 cm³/mol. The van der Waals surface area contributed by atoms with Gasteiger partial charge in [0, 0.05) is 0 Å². The zero-order valence-corrected chi connectivity index (χ0v) is 6.79. The van der Waals surface area contributed by atoms with Crippen LogP contribution in [0.5, 0.6) is 0 Å². The molecule has 0 aliphatic carbocycles. The van der Waals surface area contributed by atoms with Crippen LogP contribution in [0, 0.1) is 18.3 Å². The number of carboxylic acid groups (broad SMARTS) is 1. The molecule has 1 aromatic heterocycles. The highest BCUT2D eigenvalue weighted by Gasteiger charge is 2.09. The van der Waals surface area contributed by atoms with Gasteiger partial charge in [0.05, 0.1) is 0 Å². The summed E-state index contributed by atoms with van der Waals surface area (Å²) >= 11 is 0. The molecule has 0 unspecified atom stereocenters. The molecule has 13 heavy (non-hydrogen) atoms. The Morgan fingerprint density at radius 2 is 2.31 bits per heavy atom. The third-order valence-electron chi connectivity index (χ3n) is 1.57. The summed E-state index contributed by atoms with van der Waals surface area (Å²) < 4.78 is 0. The summed E-state index contributed by atoms with van der Waals surface area (Å²) in [6, 6.07) is 2.95. The first-order valence-electron chi connectivity index (χ1n) is 3.43. The fourth-order valence-electron chi connectivity index (χ4n) is 0.943. The number of aromatic nitrogens is 1. The SMILES string of the molecule is Cc1cc(C(=O)O)[nH]c(=O)c1C#N. The van der Waals surface area contributed by atoms with Crippen molar-refractivity contribution in [1.82, 2.24) is 4.98 Å². The lowest BCUT2D eigenvalue weighted by Gasteiger charge is -1.97. The molecule has 5 heteroatoms. The molecule has 2 N–H and O–H groups in total. The van der Waals surface area contributed by atoms with Gasteiger partial charge in [-0.1, -0.05) is 0 Å². The number of nitriles is 1. The Bertz CT molecular complexity index is 453. The molecule has 0 aliphatic rings. The smallest absolute Gasteiger partial charge is 0.352 e. The maximum absolute atomic E-state index is 11.1. The number of hydrogen-bond donors (Lipinski definition) is 2. The van der Waals surface area contributed by atoms with Crippen LogP contribution in [0.1, 0.15) is 21.6 Å². The van der Waals surface area contributed by atoms with Crippen LogP contribution in [0.15, 0.2) is 10.9 Å². The molecule has 0 bridgehead atoms. The minimum Gasteiger partial charge on any atom is -0.477 e. The number of rotatable bonds is 1. The Kier molecular flexibility index (Phi) is 2.15. The lowest BCUT2D eigenvalue weighted by atomic mass is 10.1. The third kappa shape index (κ3) is 1.56. The minimum atomic E-state index is -1.22. The molecule has 0 amide bonds. The number of nitrogens with one attached hydrogen (secondary N) is 1. The van der Waals surface area contributed by atoms with Gasteiger partial charge in [0.25, 0.3) is 5.56 Å². The number of aromatic amines is 1. The second-order valence-electron chi connectivity index (χ2n) is 2.49. The molecule has 0 saturated heterocycles. The Morgan fingerprint density at radius 1 is 1.69 bits per heavy atom. The largest absolute Gasteiger partial charge is 0.477 e. The molecule has 0 aliphatic heterocycles. The van der Waals surface area contributed by atoms with Gasteiger partial charge >= 0.3 is 5.97 Å². The number of hydrogen-bond acceptors (Lipinski definition) is 3. The van der Waals surface area contributed by atoms with E-state index >= 15 is 0 Å². The molecule has 0 fully saturated rings. The average molecular weight is 178 g/mol. The van der Waals surface area contributed by atoms with Gasteiger partial charge in [0.2, 0.25) is 0 Å². The maximum Gasteiger partial charge on any atom is 0.352 e. The molecule has 5 nitrogen and oxygen atoms in total. The van der Waals surface area contributed by atoms with Gasteiger partial charge in [-0.3, -0.25) is 4.79 Å². The van der Waals surface area contributed by atoms with Gasteiger partial charge in [-0.15, -0.1) is 0 Å². The van der Waals surface area contributed by atoms with E-state index in [1.807, 2.05) is 0 Å². The molecule has 0 atom stereocenters. The summed E-state index contributed by atoms with van der Waals surface area (Å²) in [5, 5.41) is 17.1. The van der Waals surface area contributed by atoms with Crippen LogP contribution in [0.2, 0.25) is 0 Å². The highest BCUT2D eigenvalue weighted by molar-refractivity contribution is 5.85. The standard InChI is InChI=1S/C8H6N2O3/c1-4-2-6(8(12)13)10-7(11)5(4)3-9/h2H,1H3,(H,10,11)(H,12,13). The Morgan fingerprint density at radius 3 is 2.69 bits per heavy atom. The monoisotopic (exact) mass is 178 g/mol. The van der Waals surface area contributed by atoms with Crippen LogP contribution in [0.3, 0.4) is 0 Å².